The predicted octanol–water partition coefficient (Wildman–Crippen LogP) is 3.11. The lowest BCUT2D eigenvalue weighted by Crippen LogP contribution is -2.26. The third kappa shape index (κ3) is 3.92. The molecule has 2 rings (SSSR count). The third-order valence-electron chi connectivity index (χ3n) is 2.43. The van der Waals surface area contributed by atoms with Gasteiger partial charge in [-0.3, -0.25) is 4.79 Å². The van der Waals surface area contributed by atoms with Crippen molar-refractivity contribution < 1.29 is 4.79 Å². The predicted molar refractivity (Wildman–Crippen MR) is 81.7 cm³/mol. The van der Waals surface area contributed by atoms with E-state index in [2.05, 4.69) is 26.2 Å². The van der Waals surface area contributed by atoms with Gasteiger partial charge < -0.3 is 11.1 Å². The number of thiophene rings is 1. The SMILES string of the molecule is Nc1cnc(Cl)cc1C(=O)NCCc1ccc(Br)s1. The molecule has 0 aliphatic heterocycles. The Bertz CT molecular complexity index is 602. The van der Waals surface area contributed by atoms with E-state index in [9.17, 15) is 4.79 Å². The van der Waals surface area contributed by atoms with E-state index in [1.165, 1.54) is 17.1 Å². The Kier molecular flexibility index (Phi) is 4.79. The summed E-state index contributed by atoms with van der Waals surface area (Å²) in [5.74, 6) is -0.238. The van der Waals surface area contributed by atoms with Gasteiger partial charge in [0, 0.05) is 11.4 Å². The lowest BCUT2D eigenvalue weighted by Gasteiger charge is -2.06. The number of anilines is 1. The smallest absolute Gasteiger partial charge is 0.253 e. The van der Waals surface area contributed by atoms with Crippen molar-refractivity contribution in [2.45, 2.75) is 6.42 Å². The quantitative estimate of drug-likeness (QED) is 0.823. The molecule has 0 atom stereocenters. The summed E-state index contributed by atoms with van der Waals surface area (Å²) in [4.78, 5) is 16.9. The van der Waals surface area contributed by atoms with Crippen LogP contribution in [0.4, 0.5) is 5.69 Å². The zero-order chi connectivity index (χ0) is 13.8. The number of amides is 1. The summed E-state index contributed by atoms with van der Waals surface area (Å²) in [6.07, 6.45) is 2.16. The molecule has 0 saturated carbocycles. The molecule has 7 heteroatoms. The molecule has 0 bridgehead atoms. The Morgan fingerprint density at radius 1 is 1.53 bits per heavy atom. The number of aromatic nitrogens is 1. The topological polar surface area (TPSA) is 68.0 Å². The van der Waals surface area contributed by atoms with Gasteiger partial charge in [-0.25, -0.2) is 4.98 Å². The van der Waals surface area contributed by atoms with E-state index in [1.807, 2.05) is 12.1 Å². The van der Waals surface area contributed by atoms with E-state index >= 15 is 0 Å². The highest BCUT2D eigenvalue weighted by Gasteiger charge is 2.10. The Hall–Kier alpha value is -1.11. The van der Waals surface area contributed by atoms with Crippen molar-refractivity contribution in [2.24, 2.45) is 0 Å². The second kappa shape index (κ2) is 6.36. The molecule has 0 saturated heterocycles. The Morgan fingerprint density at radius 2 is 2.32 bits per heavy atom. The highest BCUT2D eigenvalue weighted by Crippen LogP contribution is 2.22. The van der Waals surface area contributed by atoms with E-state index in [0.29, 0.717) is 17.8 Å². The molecule has 2 heterocycles. The normalized spacial score (nSPS) is 10.4. The summed E-state index contributed by atoms with van der Waals surface area (Å²) in [7, 11) is 0. The fourth-order valence-electron chi connectivity index (χ4n) is 1.52. The Morgan fingerprint density at radius 3 is 3.00 bits per heavy atom. The number of carbonyl (C=O) groups excluding carboxylic acids is 1. The largest absolute Gasteiger partial charge is 0.397 e. The van der Waals surface area contributed by atoms with Crippen LogP contribution in [0.5, 0.6) is 0 Å². The fourth-order valence-corrected chi connectivity index (χ4v) is 3.16. The summed E-state index contributed by atoms with van der Waals surface area (Å²) in [5, 5.41) is 3.06. The monoisotopic (exact) mass is 359 g/mol. The first-order valence-electron chi connectivity index (χ1n) is 5.49. The molecule has 2 aromatic rings. The van der Waals surface area contributed by atoms with Crippen molar-refractivity contribution in [1.82, 2.24) is 10.3 Å². The molecular formula is C12H11BrClN3OS. The molecule has 0 aromatic carbocycles. The van der Waals surface area contributed by atoms with Gasteiger partial charge in [-0.2, -0.15) is 0 Å². The first-order valence-corrected chi connectivity index (χ1v) is 7.48. The minimum atomic E-state index is -0.238. The average Bonchev–Trinajstić information content (AvgIpc) is 2.78. The maximum atomic E-state index is 11.9. The third-order valence-corrected chi connectivity index (χ3v) is 4.32. The van der Waals surface area contributed by atoms with Crippen LogP contribution in [0.15, 0.2) is 28.2 Å². The van der Waals surface area contributed by atoms with Crippen molar-refractivity contribution in [1.29, 1.82) is 0 Å². The Balaban J connectivity index is 1.92. The zero-order valence-electron chi connectivity index (χ0n) is 9.82. The summed E-state index contributed by atoms with van der Waals surface area (Å²) in [6.45, 7) is 0.547. The van der Waals surface area contributed by atoms with Crippen LogP contribution in [0, 0.1) is 0 Å². The molecule has 0 fully saturated rings. The first kappa shape index (κ1) is 14.3. The molecule has 0 aliphatic rings. The number of pyridine rings is 1. The van der Waals surface area contributed by atoms with Crippen LogP contribution in [-0.2, 0) is 6.42 Å². The van der Waals surface area contributed by atoms with Crippen molar-refractivity contribution in [3.63, 3.8) is 0 Å². The number of hydrogen-bond acceptors (Lipinski definition) is 4. The molecule has 0 spiro atoms. The summed E-state index contributed by atoms with van der Waals surface area (Å²) < 4.78 is 1.08. The number of nitrogen functional groups attached to an aromatic ring is 1. The maximum Gasteiger partial charge on any atom is 0.253 e. The number of hydrogen-bond donors (Lipinski definition) is 2. The van der Waals surface area contributed by atoms with Gasteiger partial charge in [0.05, 0.1) is 21.2 Å². The van der Waals surface area contributed by atoms with E-state index < -0.39 is 0 Å². The van der Waals surface area contributed by atoms with Crippen molar-refractivity contribution in [2.75, 3.05) is 12.3 Å². The van der Waals surface area contributed by atoms with Gasteiger partial charge in [0.1, 0.15) is 5.15 Å². The van der Waals surface area contributed by atoms with Crippen LogP contribution in [0.1, 0.15) is 15.2 Å². The van der Waals surface area contributed by atoms with Crippen molar-refractivity contribution >= 4 is 50.5 Å². The molecule has 0 aliphatic carbocycles. The van der Waals surface area contributed by atoms with Crippen LogP contribution in [0.2, 0.25) is 5.15 Å². The standard InChI is InChI=1S/C12H11BrClN3OS/c13-10-2-1-7(19-10)3-4-16-12(18)8-5-11(14)17-6-9(8)15/h1-2,5-6H,3-4,15H2,(H,16,18). The molecule has 4 nitrogen and oxygen atoms in total. The molecule has 3 N–H and O–H groups in total. The van der Waals surface area contributed by atoms with E-state index in [0.717, 1.165) is 10.2 Å². The van der Waals surface area contributed by atoms with Crippen LogP contribution >= 0.6 is 38.9 Å². The summed E-state index contributed by atoms with van der Waals surface area (Å²) in [6, 6.07) is 5.48. The van der Waals surface area contributed by atoms with Crippen LogP contribution in [0.3, 0.4) is 0 Å². The molecule has 1 amide bonds. The van der Waals surface area contributed by atoms with Gasteiger partial charge in [-0.1, -0.05) is 11.6 Å². The van der Waals surface area contributed by atoms with Gasteiger partial charge in [0.25, 0.3) is 5.91 Å². The second-order valence-corrected chi connectivity index (χ2v) is 6.74. The molecule has 19 heavy (non-hydrogen) atoms. The molecule has 2 aromatic heterocycles. The first-order chi connectivity index (χ1) is 9.06. The number of carbonyl (C=O) groups is 1. The highest BCUT2D eigenvalue weighted by molar-refractivity contribution is 9.11. The maximum absolute atomic E-state index is 11.9. The van der Waals surface area contributed by atoms with Crippen LogP contribution < -0.4 is 11.1 Å². The average molecular weight is 361 g/mol. The number of nitrogens with two attached hydrogens (primary N) is 1. The lowest BCUT2D eigenvalue weighted by atomic mass is 10.2. The fraction of sp³-hybridized carbons (Fsp3) is 0.167. The van der Waals surface area contributed by atoms with Gasteiger partial charge >= 0.3 is 0 Å². The van der Waals surface area contributed by atoms with Gasteiger partial charge in [0.15, 0.2) is 0 Å². The molecule has 0 radical (unpaired) electrons. The van der Waals surface area contributed by atoms with Gasteiger partial charge in [-0.05, 0) is 40.5 Å². The van der Waals surface area contributed by atoms with Crippen LogP contribution in [-0.4, -0.2) is 17.4 Å². The minimum Gasteiger partial charge on any atom is -0.397 e. The highest BCUT2D eigenvalue weighted by atomic mass is 79.9. The van der Waals surface area contributed by atoms with Gasteiger partial charge in [-0.15, -0.1) is 11.3 Å². The van der Waals surface area contributed by atoms with E-state index in [-0.39, 0.29) is 11.1 Å². The number of nitrogens with zero attached hydrogens (tertiary/aromatic N) is 1. The van der Waals surface area contributed by atoms with Crippen molar-refractivity contribution in [3.05, 3.63) is 43.8 Å². The van der Waals surface area contributed by atoms with Crippen molar-refractivity contribution in [3.8, 4) is 0 Å². The number of rotatable bonds is 4. The Labute approximate surface area is 128 Å². The molecular weight excluding hydrogens is 350 g/mol. The van der Waals surface area contributed by atoms with Crippen LogP contribution in [0.25, 0.3) is 0 Å². The molecule has 100 valence electrons. The lowest BCUT2D eigenvalue weighted by molar-refractivity contribution is 0.0955. The number of nitrogens with one attached hydrogen (secondary N) is 1. The van der Waals surface area contributed by atoms with E-state index in [4.69, 9.17) is 17.3 Å². The van der Waals surface area contributed by atoms with E-state index in [1.54, 1.807) is 11.3 Å². The van der Waals surface area contributed by atoms with Gasteiger partial charge in [0.2, 0.25) is 0 Å². The minimum absolute atomic E-state index is 0.238. The summed E-state index contributed by atoms with van der Waals surface area (Å²) in [5.41, 5.74) is 6.36. The zero-order valence-corrected chi connectivity index (χ0v) is 13.0. The molecule has 0 unspecified atom stereocenters. The number of halogens is 2. The summed E-state index contributed by atoms with van der Waals surface area (Å²) >= 11 is 10.8. The second-order valence-electron chi connectivity index (χ2n) is 3.81.